The molecular weight excluding hydrogens is 296 g/mol. The van der Waals surface area contributed by atoms with E-state index < -0.39 is 0 Å². The zero-order chi connectivity index (χ0) is 15.4. The highest BCUT2D eigenvalue weighted by atomic mass is 35.5. The molecule has 1 saturated heterocycles. The third-order valence-corrected chi connectivity index (χ3v) is 4.65. The van der Waals surface area contributed by atoms with E-state index in [0.29, 0.717) is 0 Å². The van der Waals surface area contributed by atoms with Crippen molar-refractivity contribution in [2.45, 2.75) is 25.2 Å². The van der Waals surface area contributed by atoms with Gasteiger partial charge in [0.2, 0.25) is 0 Å². The van der Waals surface area contributed by atoms with Crippen LogP contribution in [0.5, 0.6) is 0 Å². The van der Waals surface area contributed by atoms with E-state index in [2.05, 4.69) is 22.4 Å². The van der Waals surface area contributed by atoms with Crippen molar-refractivity contribution in [3.63, 3.8) is 0 Å². The zero-order valence-corrected chi connectivity index (χ0v) is 13.6. The van der Waals surface area contributed by atoms with Gasteiger partial charge in [-0.15, -0.1) is 0 Å². The highest BCUT2D eigenvalue weighted by Gasteiger charge is 2.34. The fourth-order valence-electron chi connectivity index (χ4n) is 3.03. The summed E-state index contributed by atoms with van der Waals surface area (Å²) in [7, 11) is 0. The Morgan fingerprint density at radius 3 is 2.55 bits per heavy atom. The Kier molecular flexibility index (Phi) is 4.65. The number of aromatic nitrogens is 1. The maximum absolute atomic E-state index is 6.04. The number of ether oxygens (including phenoxy) is 1. The minimum Gasteiger partial charge on any atom is -0.381 e. The summed E-state index contributed by atoms with van der Waals surface area (Å²) in [5.41, 5.74) is 2.42. The lowest BCUT2D eigenvalue weighted by atomic mass is 9.74. The Hall–Kier alpha value is -1.58. The first-order chi connectivity index (χ1) is 10.7. The Labute approximate surface area is 136 Å². The van der Waals surface area contributed by atoms with Gasteiger partial charge < -0.3 is 10.1 Å². The number of halogens is 1. The van der Waals surface area contributed by atoms with Crippen molar-refractivity contribution >= 4 is 17.4 Å². The second-order valence-electron chi connectivity index (χ2n) is 5.92. The highest BCUT2D eigenvalue weighted by molar-refractivity contribution is 6.30. The number of pyridine rings is 1. The first-order valence-corrected chi connectivity index (χ1v) is 8.07. The van der Waals surface area contributed by atoms with E-state index >= 15 is 0 Å². The molecule has 1 N–H and O–H groups in total. The Morgan fingerprint density at radius 2 is 1.86 bits per heavy atom. The van der Waals surface area contributed by atoms with Crippen molar-refractivity contribution in [1.29, 1.82) is 0 Å². The lowest BCUT2D eigenvalue weighted by Gasteiger charge is -2.38. The predicted molar refractivity (Wildman–Crippen MR) is 90.6 cm³/mol. The normalized spacial score (nSPS) is 17.2. The number of anilines is 1. The molecule has 0 saturated carbocycles. The first kappa shape index (κ1) is 15.3. The molecule has 1 aliphatic heterocycles. The van der Waals surface area contributed by atoms with Crippen LogP contribution in [0.3, 0.4) is 0 Å². The quantitative estimate of drug-likeness (QED) is 0.917. The van der Waals surface area contributed by atoms with Crippen LogP contribution in [0, 0.1) is 6.92 Å². The van der Waals surface area contributed by atoms with Crippen LogP contribution in [0.1, 0.15) is 24.1 Å². The topological polar surface area (TPSA) is 34.1 Å². The summed E-state index contributed by atoms with van der Waals surface area (Å²) in [6, 6.07) is 14.3. The molecule has 1 fully saturated rings. The number of nitrogens with zero attached hydrogens (tertiary/aromatic N) is 1. The van der Waals surface area contributed by atoms with Gasteiger partial charge in [-0.1, -0.05) is 29.8 Å². The molecule has 22 heavy (non-hydrogen) atoms. The number of hydrogen-bond donors (Lipinski definition) is 1. The van der Waals surface area contributed by atoms with Crippen molar-refractivity contribution in [2.24, 2.45) is 0 Å². The van der Waals surface area contributed by atoms with Crippen LogP contribution >= 0.6 is 11.6 Å². The van der Waals surface area contributed by atoms with Crippen LogP contribution < -0.4 is 5.32 Å². The molecule has 2 aromatic rings. The van der Waals surface area contributed by atoms with Crippen LogP contribution in [-0.2, 0) is 10.2 Å². The summed E-state index contributed by atoms with van der Waals surface area (Å²) >= 11 is 6.04. The molecule has 0 amide bonds. The largest absolute Gasteiger partial charge is 0.381 e. The smallest absolute Gasteiger partial charge is 0.126 e. The van der Waals surface area contributed by atoms with E-state index in [9.17, 15) is 0 Å². The van der Waals surface area contributed by atoms with E-state index in [1.54, 1.807) is 0 Å². The van der Waals surface area contributed by atoms with E-state index in [1.807, 2.05) is 37.3 Å². The molecule has 0 radical (unpaired) electrons. The second kappa shape index (κ2) is 6.67. The molecule has 3 nitrogen and oxygen atoms in total. The van der Waals surface area contributed by atoms with E-state index in [4.69, 9.17) is 16.3 Å². The summed E-state index contributed by atoms with van der Waals surface area (Å²) in [6.07, 6.45) is 2.01. The van der Waals surface area contributed by atoms with Crippen LogP contribution in [0.25, 0.3) is 0 Å². The molecule has 4 heteroatoms. The summed E-state index contributed by atoms with van der Waals surface area (Å²) in [4.78, 5) is 4.53. The molecule has 0 spiro atoms. The number of hydrogen-bond acceptors (Lipinski definition) is 3. The third kappa shape index (κ3) is 3.42. The molecule has 0 bridgehead atoms. The van der Waals surface area contributed by atoms with Gasteiger partial charge in [0.25, 0.3) is 0 Å². The van der Waals surface area contributed by atoms with Crippen molar-refractivity contribution in [3.8, 4) is 0 Å². The van der Waals surface area contributed by atoms with Gasteiger partial charge >= 0.3 is 0 Å². The predicted octanol–water partition coefficient (Wildman–Crippen LogP) is 4.20. The zero-order valence-electron chi connectivity index (χ0n) is 12.8. The average Bonchev–Trinajstić information content (AvgIpc) is 2.55. The SMILES string of the molecule is Cc1cccc(NCC2(c3ccc(Cl)cc3)CCOCC2)n1. The van der Waals surface area contributed by atoms with E-state index in [1.165, 1.54) is 5.56 Å². The molecule has 1 aliphatic rings. The number of nitrogens with one attached hydrogen (secondary N) is 1. The molecule has 2 heterocycles. The van der Waals surface area contributed by atoms with Crippen LogP contribution in [-0.4, -0.2) is 24.7 Å². The molecular formula is C18H21ClN2O. The maximum atomic E-state index is 6.04. The van der Waals surface area contributed by atoms with Gasteiger partial charge in [-0.25, -0.2) is 4.98 Å². The van der Waals surface area contributed by atoms with Gasteiger partial charge in [0.15, 0.2) is 0 Å². The third-order valence-electron chi connectivity index (χ3n) is 4.40. The van der Waals surface area contributed by atoms with Crippen molar-refractivity contribution < 1.29 is 4.74 Å². The Morgan fingerprint density at radius 1 is 1.14 bits per heavy atom. The lowest BCUT2D eigenvalue weighted by molar-refractivity contribution is 0.0543. The van der Waals surface area contributed by atoms with Crippen LogP contribution in [0.2, 0.25) is 5.02 Å². The maximum Gasteiger partial charge on any atom is 0.126 e. The summed E-state index contributed by atoms with van der Waals surface area (Å²) in [5, 5.41) is 4.29. The molecule has 0 atom stereocenters. The van der Waals surface area contributed by atoms with Crippen molar-refractivity contribution in [3.05, 3.63) is 58.7 Å². The Balaban J connectivity index is 1.81. The molecule has 3 rings (SSSR count). The van der Waals surface area contributed by atoms with Gasteiger partial charge in [-0.05, 0) is 49.6 Å². The highest BCUT2D eigenvalue weighted by Crippen LogP contribution is 2.35. The molecule has 1 aromatic heterocycles. The van der Waals surface area contributed by atoms with Gasteiger partial charge in [0.1, 0.15) is 5.82 Å². The molecule has 1 aromatic carbocycles. The van der Waals surface area contributed by atoms with Gasteiger partial charge in [-0.3, -0.25) is 0 Å². The minimum absolute atomic E-state index is 0.0776. The monoisotopic (exact) mass is 316 g/mol. The summed E-state index contributed by atoms with van der Waals surface area (Å²) in [5.74, 6) is 0.930. The standard InChI is InChI=1S/C18H21ClN2O/c1-14-3-2-4-17(21-14)20-13-18(9-11-22-12-10-18)15-5-7-16(19)8-6-15/h2-8H,9-13H2,1H3,(H,20,21). The first-order valence-electron chi connectivity index (χ1n) is 7.69. The summed E-state index contributed by atoms with van der Waals surface area (Å²) in [6.45, 7) is 4.46. The Bertz CT molecular complexity index is 621. The van der Waals surface area contributed by atoms with E-state index in [0.717, 1.165) is 49.1 Å². The van der Waals surface area contributed by atoms with E-state index in [-0.39, 0.29) is 5.41 Å². The van der Waals surface area contributed by atoms with Crippen LogP contribution in [0.15, 0.2) is 42.5 Å². The molecule has 0 unspecified atom stereocenters. The summed E-state index contributed by atoms with van der Waals surface area (Å²) < 4.78 is 5.57. The minimum atomic E-state index is 0.0776. The van der Waals surface area contributed by atoms with Gasteiger partial charge in [0.05, 0.1) is 0 Å². The number of benzene rings is 1. The number of rotatable bonds is 4. The fraction of sp³-hybridized carbons (Fsp3) is 0.389. The van der Waals surface area contributed by atoms with Crippen molar-refractivity contribution in [1.82, 2.24) is 4.98 Å². The molecule has 116 valence electrons. The van der Waals surface area contributed by atoms with Gasteiger partial charge in [0, 0.05) is 35.9 Å². The second-order valence-corrected chi connectivity index (χ2v) is 6.35. The van der Waals surface area contributed by atoms with Crippen LogP contribution in [0.4, 0.5) is 5.82 Å². The molecule has 0 aliphatic carbocycles. The van der Waals surface area contributed by atoms with Gasteiger partial charge in [-0.2, -0.15) is 0 Å². The average molecular weight is 317 g/mol. The lowest BCUT2D eigenvalue weighted by Crippen LogP contribution is -2.40. The fourth-order valence-corrected chi connectivity index (χ4v) is 3.16. The van der Waals surface area contributed by atoms with Crippen molar-refractivity contribution in [2.75, 3.05) is 25.1 Å². The number of aryl methyl sites for hydroxylation is 1.